The number of carbonyl (C=O) groups is 1. The molecule has 1 amide bonds. The summed E-state index contributed by atoms with van der Waals surface area (Å²) in [6.07, 6.45) is -12.0. The first-order valence-electron chi connectivity index (χ1n) is 15.5. The van der Waals surface area contributed by atoms with Crippen molar-refractivity contribution in [3.05, 3.63) is 76.1 Å². The molecule has 0 unspecified atom stereocenters. The van der Waals surface area contributed by atoms with E-state index >= 15 is 0 Å². The lowest BCUT2D eigenvalue weighted by Gasteiger charge is -2.11. The molecular formula is C23H27N3O2S. The Labute approximate surface area is 195 Å². The van der Waals surface area contributed by atoms with E-state index in [9.17, 15) is 9.90 Å². The highest BCUT2D eigenvalue weighted by Gasteiger charge is 2.08. The van der Waals surface area contributed by atoms with Crippen LogP contribution >= 0.6 is 11.3 Å². The van der Waals surface area contributed by atoms with Gasteiger partial charge in [0.05, 0.1) is 29.1 Å². The van der Waals surface area contributed by atoms with Crippen molar-refractivity contribution < 1.29 is 29.1 Å². The molecule has 0 fully saturated rings. The highest BCUT2D eigenvalue weighted by molar-refractivity contribution is 7.13. The number of nitrogens with zero attached hydrogens (tertiary/aromatic N) is 1. The van der Waals surface area contributed by atoms with E-state index in [-0.39, 0.29) is 34.0 Å². The van der Waals surface area contributed by atoms with Gasteiger partial charge >= 0.3 is 0 Å². The smallest absolute Gasteiger partial charge is 0.230 e. The number of nitrogen functional groups attached to an aromatic ring is 1. The van der Waals surface area contributed by atoms with Gasteiger partial charge < -0.3 is 16.2 Å². The van der Waals surface area contributed by atoms with Gasteiger partial charge in [-0.3, -0.25) is 4.79 Å². The molecule has 1 atom stereocenters. The molecule has 4 N–H and O–H groups in total. The summed E-state index contributed by atoms with van der Waals surface area (Å²) in [5.41, 5.74) is 3.07. The molecule has 29 heavy (non-hydrogen) atoms. The number of thiazole rings is 1. The fourth-order valence-corrected chi connectivity index (χ4v) is 2.67. The molecule has 0 radical (unpaired) electrons. The van der Waals surface area contributed by atoms with Crippen LogP contribution in [0.4, 0.5) is 10.8 Å². The summed E-state index contributed by atoms with van der Waals surface area (Å²) < 4.78 is 115. The van der Waals surface area contributed by atoms with Crippen LogP contribution in [0.25, 0.3) is 0 Å². The monoisotopic (exact) mass is 423 g/mol. The average molecular weight is 424 g/mol. The summed E-state index contributed by atoms with van der Waals surface area (Å²) in [7, 11) is 0. The van der Waals surface area contributed by atoms with Gasteiger partial charge in [0.1, 0.15) is 0 Å². The van der Waals surface area contributed by atoms with E-state index in [0.29, 0.717) is 0 Å². The van der Waals surface area contributed by atoms with Gasteiger partial charge in [0.25, 0.3) is 0 Å². The molecular weight excluding hydrogens is 382 g/mol. The predicted molar refractivity (Wildman–Crippen MR) is 119 cm³/mol. The number of hydrogen-bond donors (Lipinski definition) is 3. The number of amides is 1. The largest absolute Gasteiger partial charge is 0.388 e. The zero-order valence-corrected chi connectivity index (χ0v) is 16.2. The number of aliphatic hydroxyl groups excluding tert-OH is 1. The lowest BCUT2D eigenvalue weighted by Crippen LogP contribution is -2.14. The Hall–Kier alpha value is -2.70. The summed E-state index contributed by atoms with van der Waals surface area (Å²) in [6.45, 7) is 1.35. The first-order valence-corrected chi connectivity index (χ1v) is 9.36. The lowest BCUT2D eigenvalue weighted by atomic mass is 10.00. The Morgan fingerprint density at radius 3 is 2.86 bits per heavy atom. The van der Waals surface area contributed by atoms with Crippen molar-refractivity contribution in [1.82, 2.24) is 4.98 Å². The number of nitrogens with one attached hydrogen (secondary N) is 1. The minimum atomic E-state index is -3.21. The van der Waals surface area contributed by atoms with E-state index in [1.54, 1.807) is 0 Å². The van der Waals surface area contributed by atoms with Gasteiger partial charge in [-0.2, -0.15) is 0 Å². The summed E-state index contributed by atoms with van der Waals surface area (Å²) in [5, 5.41) is 13.9. The Morgan fingerprint density at radius 1 is 1.34 bits per heavy atom. The Morgan fingerprint density at radius 2 is 2.14 bits per heavy atom. The number of aliphatic hydroxyl groups is 1. The first-order chi connectivity index (χ1) is 19.6. The van der Waals surface area contributed by atoms with Crippen LogP contribution in [0.5, 0.6) is 0 Å². The number of benzene rings is 2. The maximum Gasteiger partial charge on any atom is 0.230 e. The van der Waals surface area contributed by atoms with Crippen LogP contribution in [-0.2, 0) is 17.5 Å². The molecule has 2 aromatic carbocycles. The fourth-order valence-electron chi connectivity index (χ4n) is 2.17. The SMILES string of the molecule is [2H]c1c([2H])c(C)c([2H])c([C@@H](O)CCC([2H])([2H])C([2H])([2H])c2c([2H])c([2H])c(NC(=O)C([2H])([2H])c3csc(N)n3)c([2H])c2[2H])c1[2H]. The fraction of sp³-hybridized carbons (Fsp3) is 0.304. The molecule has 3 rings (SSSR count). The third kappa shape index (κ3) is 6.69. The van der Waals surface area contributed by atoms with Crippen molar-refractivity contribution in [3.63, 3.8) is 0 Å². The van der Waals surface area contributed by atoms with E-state index < -0.39 is 91.5 Å². The van der Waals surface area contributed by atoms with E-state index in [1.165, 1.54) is 12.3 Å². The number of carbonyl (C=O) groups excluding carboxylic acids is 1. The summed E-state index contributed by atoms with van der Waals surface area (Å²) in [6, 6.07) is -5.91. The Kier molecular flexibility index (Phi) is 3.30. The van der Waals surface area contributed by atoms with Crippen molar-refractivity contribution in [2.45, 2.75) is 45.0 Å². The lowest BCUT2D eigenvalue weighted by molar-refractivity contribution is -0.115. The van der Waals surface area contributed by atoms with E-state index in [0.717, 1.165) is 11.3 Å². The van der Waals surface area contributed by atoms with Crippen LogP contribution in [0.2, 0.25) is 0 Å². The van der Waals surface area contributed by atoms with Gasteiger partial charge in [-0.1, -0.05) is 48.2 Å². The molecule has 1 heterocycles. The van der Waals surface area contributed by atoms with Gasteiger partial charge in [0, 0.05) is 19.3 Å². The Balaban J connectivity index is 1.95. The molecule has 0 bridgehead atoms. The zero-order chi connectivity index (χ0) is 33.0. The second-order valence-electron chi connectivity index (χ2n) is 5.80. The van der Waals surface area contributed by atoms with Crippen molar-refractivity contribution in [2.24, 2.45) is 0 Å². The number of anilines is 2. The molecule has 0 saturated heterocycles. The maximum atomic E-state index is 12.7. The normalized spacial score (nSPS) is 20.3. The average Bonchev–Trinajstić information content (AvgIpc) is 3.37. The van der Waals surface area contributed by atoms with Gasteiger partial charge in [-0.15, -0.1) is 11.3 Å². The van der Waals surface area contributed by atoms with Crippen molar-refractivity contribution in [1.29, 1.82) is 0 Å². The predicted octanol–water partition coefficient (Wildman–Crippen LogP) is 4.66. The molecule has 0 aliphatic rings. The van der Waals surface area contributed by atoms with Gasteiger partial charge in [-0.25, -0.2) is 4.98 Å². The van der Waals surface area contributed by atoms with Crippen LogP contribution in [0.1, 0.15) is 66.9 Å². The topological polar surface area (TPSA) is 88.2 Å². The second kappa shape index (κ2) is 10.2. The van der Waals surface area contributed by atoms with Crippen LogP contribution in [0.15, 0.2) is 53.7 Å². The van der Waals surface area contributed by atoms with Crippen LogP contribution in [-0.4, -0.2) is 16.0 Å². The number of rotatable bonds is 9. The summed E-state index contributed by atoms with van der Waals surface area (Å²) in [4.78, 5) is 16.4. The zero-order valence-electron chi connectivity index (χ0n) is 29.4. The molecule has 1 aromatic heterocycles. The highest BCUT2D eigenvalue weighted by Crippen LogP contribution is 2.21. The minimum Gasteiger partial charge on any atom is -0.388 e. The number of hydrogen-bond acceptors (Lipinski definition) is 5. The molecule has 6 heteroatoms. The minimum absolute atomic E-state index is 0.0213. The van der Waals surface area contributed by atoms with Gasteiger partial charge in [0.2, 0.25) is 5.91 Å². The van der Waals surface area contributed by atoms with Crippen molar-refractivity contribution in [3.8, 4) is 0 Å². The molecule has 152 valence electrons. The van der Waals surface area contributed by atoms with Crippen LogP contribution < -0.4 is 11.1 Å². The molecule has 3 aromatic rings. The third-order valence-electron chi connectivity index (χ3n) is 3.49. The first kappa shape index (κ1) is 9.41. The van der Waals surface area contributed by atoms with Crippen LogP contribution in [0, 0.1) is 6.92 Å². The number of aromatic nitrogens is 1. The summed E-state index contributed by atoms with van der Waals surface area (Å²) in [5.74, 6) is -1.40. The Bertz CT molecular complexity index is 1540. The third-order valence-corrected chi connectivity index (χ3v) is 4.16. The van der Waals surface area contributed by atoms with Crippen molar-refractivity contribution in [2.75, 3.05) is 11.1 Å². The molecule has 0 spiro atoms. The van der Waals surface area contributed by atoms with Gasteiger partial charge in [0.15, 0.2) is 5.13 Å². The van der Waals surface area contributed by atoms with Crippen LogP contribution in [0.3, 0.4) is 0 Å². The molecule has 0 aliphatic carbocycles. The maximum absolute atomic E-state index is 12.7. The van der Waals surface area contributed by atoms with E-state index in [2.05, 4.69) is 4.98 Å². The second-order valence-corrected chi connectivity index (χ2v) is 6.68. The molecule has 0 aliphatic heterocycles. The highest BCUT2D eigenvalue weighted by atomic mass is 32.1. The number of nitrogens with two attached hydrogens (primary N) is 1. The standard InChI is InChI=1S/C23H27N3O2S/c1-16-5-4-7-18(13-16)21(27)8-3-2-6-17-9-11-19(12-10-17)25-22(28)14-20-15-29-23(24)26-20/h4-5,7,9-13,15,21,27H,2-3,6,8,14H2,1H3,(H2,24,26)(H,25,28)/t21-/m0/s1/i2D2,4D,5D,6D2,7D,9D,10D,11D,12D,13D,14D2. The quantitative estimate of drug-likeness (QED) is 0.467. The van der Waals surface area contributed by atoms with E-state index in [1.807, 2.05) is 5.32 Å². The van der Waals surface area contributed by atoms with E-state index in [4.69, 9.17) is 24.9 Å². The van der Waals surface area contributed by atoms with Gasteiger partial charge in [-0.05, 0) is 49.3 Å². The van der Waals surface area contributed by atoms with Crippen molar-refractivity contribution >= 4 is 28.1 Å². The molecule has 0 saturated carbocycles. The molecule has 5 nitrogen and oxygen atoms in total. The summed E-state index contributed by atoms with van der Waals surface area (Å²) >= 11 is 0.866.